The first-order valence-electron chi connectivity index (χ1n) is 6.38. The monoisotopic (exact) mass is 328 g/mol. The summed E-state index contributed by atoms with van der Waals surface area (Å²) in [6.45, 7) is 3.27. The van der Waals surface area contributed by atoms with Gasteiger partial charge in [0.2, 0.25) is 10.0 Å². The summed E-state index contributed by atoms with van der Waals surface area (Å²) in [4.78, 5) is -0.153. The Balaban J connectivity index is 2.18. The van der Waals surface area contributed by atoms with Crippen LogP contribution in [-0.4, -0.2) is 14.5 Å². The molecule has 0 spiro atoms. The van der Waals surface area contributed by atoms with Crippen molar-refractivity contribution < 1.29 is 12.8 Å². The molecule has 2 aromatic rings. The van der Waals surface area contributed by atoms with Gasteiger partial charge >= 0.3 is 0 Å². The molecule has 114 valence electrons. The average molecular weight is 328 g/mol. The van der Waals surface area contributed by atoms with Crippen molar-refractivity contribution in [3.63, 3.8) is 0 Å². The van der Waals surface area contributed by atoms with Crippen LogP contribution in [0, 0.1) is 12.7 Å². The Morgan fingerprint density at radius 2 is 2.14 bits per heavy atom. The lowest BCUT2D eigenvalue weighted by Gasteiger charge is -2.14. The summed E-state index contributed by atoms with van der Waals surface area (Å²) in [5.41, 5.74) is 7.06. The van der Waals surface area contributed by atoms with E-state index in [1.54, 1.807) is 18.3 Å². The van der Waals surface area contributed by atoms with Gasteiger partial charge in [-0.15, -0.1) is 0 Å². The lowest BCUT2D eigenvalue weighted by Crippen LogP contribution is -2.34. The minimum Gasteiger partial charge on any atom is -0.398 e. The summed E-state index contributed by atoms with van der Waals surface area (Å²) in [6, 6.07) is 3.91. The molecule has 3 N–H and O–H groups in total. The molecule has 0 aliphatic carbocycles. The summed E-state index contributed by atoms with van der Waals surface area (Å²) in [5, 5.41) is 3.90. The average Bonchev–Trinajstić information content (AvgIpc) is 2.87. The van der Waals surface area contributed by atoms with Crippen molar-refractivity contribution in [2.24, 2.45) is 0 Å². The predicted molar refractivity (Wildman–Crippen MR) is 83.4 cm³/mol. The number of rotatable bonds is 5. The van der Waals surface area contributed by atoms with Crippen molar-refractivity contribution in [3.8, 4) is 0 Å². The summed E-state index contributed by atoms with van der Waals surface area (Å²) in [7, 11) is -3.79. The molecule has 1 aromatic carbocycles. The zero-order valence-electron chi connectivity index (χ0n) is 11.8. The van der Waals surface area contributed by atoms with E-state index in [9.17, 15) is 12.8 Å². The largest absolute Gasteiger partial charge is 0.398 e. The van der Waals surface area contributed by atoms with Gasteiger partial charge in [-0.05, 0) is 54.8 Å². The quantitative estimate of drug-likeness (QED) is 0.829. The van der Waals surface area contributed by atoms with Gasteiger partial charge in [0, 0.05) is 17.3 Å². The standard InChI is InChI=1S/C14H17FN2O2S2/c1-9(5-11-3-4-20-8-11)17-21(18,19)12-6-13(15)10(2)14(16)7-12/h3-4,6-9,17H,5,16H2,1-2H3. The Morgan fingerprint density at radius 1 is 1.43 bits per heavy atom. The van der Waals surface area contributed by atoms with E-state index in [-0.39, 0.29) is 22.2 Å². The highest BCUT2D eigenvalue weighted by Crippen LogP contribution is 2.21. The molecule has 1 heterocycles. The third-order valence-corrected chi connectivity index (χ3v) is 5.45. The molecule has 4 nitrogen and oxygen atoms in total. The fourth-order valence-electron chi connectivity index (χ4n) is 1.97. The number of anilines is 1. The van der Waals surface area contributed by atoms with Crippen LogP contribution in [0.3, 0.4) is 0 Å². The van der Waals surface area contributed by atoms with Gasteiger partial charge in [-0.2, -0.15) is 11.3 Å². The Hall–Kier alpha value is -1.44. The highest BCUT2D eigenvalue weighted by Gasteiger charge is 2.20. The molecule has 7 heteroatoms. The molecule has 0 saturated carbocycles. The molecule has 0 saturated heterocycles. The zero-order chi connectivity index (χ0) is 15.6. The number of sulfonamides is 1. The van der Waals surface area contributed by atoms with Crippen LogP contribution in [-0.2, 0) is 16.4 Å². The van der Waals surface area contributed by atoms with Gasteiger partial charge in [0.25, 0.3) is 0 Å². The van der Waals surface area contributed by atoms with E-state index in [2.05, 4.69) is 4.72 Å². The molecule has 0 amide bonds. The molecule has 0 bridgehead atoms. The van der Waals surface area contributed by atoms with Crippen LogP contribution in [0.15, 0.2) is 33.9 Å². The van der Waals surface area contributed by atoms with E-state index in [0.29, 0.717) is 6.42 Å². The maximum atomic E-state index is 13.6. The van der Waals surface area contributed by atoms with Gasteiger partial charge in [0.15, 0.2) is 0 Å². The zero-order valence-corrected chi connectivity index (χ0v) is 13.4. The number of thiophene rings is 1. The molecule has 0 aliphatic rings. The number of benzene rings is 1. The fraction of sp³-hybridized carbons (Fsp3) is 0.286. The first kappa shape index (κ1) is 15.9. The van der Waals surface area contributed by atoms with Gasteiger partial charge in [-0.25, -0.2) is 17.5 Å². The predicted octanol–water partition coefficient (Wildman–Crippen LogP) is 2.69. The van der Waals surface area contributed by atoms with E-state index in [0.717, 1.165) is 11.6 Å². The summed E-state index contributed by atoms with van der Waals surface area (Å²) in [6.07, 6.45) is 0.576. The highest BCUT2D eigenvalue weighted by molar-refractivity contribution is 7.89. The number of hydrogen-bond donors (Lipinski definition) is 2. The van der Waals surface area contributed by atoms with Gasteiger partial charge < -0.3 is 5.73 Å². The molecular weight excluding hydrogens is 311 g/mol. The molecule has 1 aromatic heterocycles. The molecule has 0 fully saturated rings. The van der Waals surface area contributed by atoms with E-state index < -0.39 is 15.8 Å². The Bertz CT molecular complexity index is 704. The van der Waals surface area contributed by atoms with Crippen molar-refractivity contribution in [1.82, 2.24) is 4.72 Å². The maximum Gasteiger partial charge on any atom is 0.240 e. The minimum absolute atomic E-state index is 0.126. The second-order valence-electron chi connectivity index (χ2n) is 4.98. The molecule has 1 unspecified atom stereocenters. The van der Waals surface area contributed by atoms with Crippen molar-refractivity contribution in [2.75, 3.05) is 5.73 Å². The van der Waals surface area contributed by atoms with E-state index >= 15 is 0 Å². The molecule has 0 aliphatic heterocycles. The summed E-state index contributed by atoms with van der Waals surface area (Å²) >= 11 is 1.56. The lowest BCUT2D eigenvalue weighted by molar-refractivity contribution is 0.557. The second kappa shape index (κ2) is 6.13. The van der Waals surface area contributed by atoms with Crippen LogP contribution in [0.5, 0.6) is 0 Å². The lowest BCUT2D eigenvalue weighted by atomic mass is 10.1. The molecule has 0 radical (unpaired) electrons. The minimum atomic E-state index is -3.79. The van der Waals surface area contributed by atoms with Gasteiger partial charge in [-0.3, -0.25) is 0 Å². The van der Waals surface area contributed by atoms with Crippen molar-refractivity contribution in [1.29, 1.82) is 0 Å². The first-order valence-corrected chi connectivity index (χ1v) is 8.81. The van der Waals surface area contributed by atoms with Crippen LogP contribution >= 0.6 is 11.3 Å². The van der Waals surface area contributed by atoms with Crippen LogP contribution in [0.4, 0.5) is 10.1 Å². The molecule has 1 atom stereocenters. The third-order valence-electron chi connectivity index (χ3n) is 3.15. The number of nitrogens with one attached hydrogen (secondary N) is 1. The van der Waals surface area contributed by atoms with Crippen LogP contribution < -0.4 is 10.5 Å². The van der Waals surface area contributed by atoms with Crippen molar-refractivity contribution >= 4 is 27.0 Å². The van der Waals surface area contributed by atoms with Crippen LogP contribution in [0.25, 0.3) is 0 Å². The van der Waals surface area contributed by atoms with Gasteiger partial charge in [-0.1, -0.05) is 0 Å². The topological polar surface area (TPSA) is 72.2 Å². The van der Waals surface area contributed by atoms with Gasteiger partial charge in [0.05, 0.1) is 4.90 Å². The highest BCUT2D eigenvalue weighted by atomic mass is 32.2. The summed E-state index contributed by atoms with van der Waals surface area (Å²) in [5.74, 6) is -0.624. The molecule has 21 heavy (non-hydrogen) atoms. The number of hydrogen-bond acceptors (Lipinski definition) is 4. The van der Waals surface area contributed by atoms with E-state index in [1.165, 1.54) is 13.0 Å². The first-order chi connectivity index (χ1) is 9.79. The molecule has 2 rings (SSSR count). The Labute approximate surface area is 127 Å². The number of nitrogen functional groups attached to an aromatic ring is 1. The number of halogens is 1. The smallest absolute Gasteiger partial charge is 0.240 e. The third kappa shape index (κ3) is 3.81. The number of nitrogens with two attached hydrogens (primary N) is 1. The van der Waals surface area contributed by atoms with Crippen molar-refractivity contribution in [3.05, 3.63) is 45.9 Å². The Morgan fingerprint density at radius 3 is 2.71 bits per heavy atom. The van der Waals surface area contributed by atoms with Crippen molar-refractivity contribution in [2.45, 2.75) is 31.2 Å². The second-order valence-corrected chi connectivity index (χ2v) is 7.47. The van der Waals surface area contributed by atoms with E-state index in [1.807, 2.05) is 16.8 Å². The Kier molecular flexibility index (Phi) is 4.65. The summed E-state index contributed by atoms with van der Waals surface area (Å²) < 4.78 is 40.7. The van der Waals surface area contributed by atoms with Crippen LogP contribution in [0.2, 0.25) is 0 Å². The van der Waals surface area contributed by atoms with Crippen LogP contribution in [0.1, 0.15) is 18.1 Å². The maximum absolute atomic E-state index is 13.6. The normalized spacial score (nSPS) is 13.3. The van der Waals surface area contributed by atoms with E-state index in [4.69, 9.17) is 5.73 Å². The SMILES string of the molecule is Cc1c(N)cc(S(=O)(=O)NC(C)Cc2ccsc2)cc1F. The van der Waals surface area contributed by atoms with Gasteiger partial charge in [0.1, 0.15) is 5.82 Å². The molecular formula is C14H17FN2O2S2. The fourth-order valence-corrected chi connectivity index (χ4v) is 3.94.